The third-order valence-corrected chi connectivity index (χ3v) is 3.04. The van der Waals surface area contributed by atoms with Gasteiger partial charge < -0.3 is 10.2 Å². The molecule has 14 heavy (non-hydrogen) atoms. The van der Waals surface area contributed by atoms with Crippen molar-refractivity contribution in [2.75, 3.05) is 5.75 Å². The molecule has 1 aromatic rings. The minimum atomic E-state index is -1.67. The lowest BCUT2D eigenvalue weighted by molar-refractivity contribution is -0.154. The van der Waals surface area contributed by atoms with Gasteiger partial charge in [-0.25, -0.2) is 4.79 Å². The number of carboxylic acids is 1. The fourth-order valence-electron chi connectivity index (χ4n) is 0.802. The van der Waals surface area contributed by atoms with E-state index in [0.717, 1.165) is 4.90 Å². The molecule has 1 rings (SSSR count). The molecule has 1 atom stereocenters. The van der Waals surface area contributed by atoms with Crippen LogP contribution in [-0.4, -0.2) is 27.5 Å². The second-order valence-corrected chi connectivity index (χ2v) is 4.23. The molecule has 0 radical (unpaired) electrons. The number of carboxylic acid groups (broad SMARTS) is 1. The minimum absolute atomic E-state index is 0.145. The molecule has 0 aliphatic rings. The molecule has 76 valence electrons. The van der Waals surface area contributed by atoms with Gasteiger partial charge in [0.1, 0.15) is 0 Å². The first-order chi connectivity index (χ1) is 6.52. The first-order valence-electron chi connectivity index (χ1n) is 4.16. The van der Waals surface area contributed by atoms with Crippen molar-refractivity contribution in [2.45, 2.75) is 17.4 Å². The molecule has 0 saturated carbocycles. The molecule has 2 N–H and O–H groups in total. The van der Waals surface area contributed by atoms with E-state index in [9.17, 15) is 9.90 Å². The van der Waals surface area contributed by atoms with Crippen LogP contribution in [-0.2, 0) is 4.79 Å². The van der Waals surface area contributed by atoms with Crippen LogP contribution in [0.5, 0.6) is 0 Å². The molecule has 0 aliphatic carbocycles. The van der Waals surface area contributed by atoms with Crippen LogP contribution in [0.1, 0.15) is 6.92 Å². The van der Waals surface area contributed by atoms with Crippen LogP contribution in [0.25, 0.3) is 0 Å². The van der Waals surface area contributed by atoms with Crippen LogP contribution in [0, 0.1) is 0 Å². The summed E-state index contributed by atoms with van der Waals surface area (Å²) in [4.78, 5) is 11.5. The Kier molecular flexibility index (Phi) is 3.55. The summed E-state index contributed by atoms with van der Waals surface area (Å²) in [6.45, 7) is 1.30. The quantitative estimate of drug-likeness (QED) is 0.744. The van der Waals surface area contributed by atoms with Gasteiger partial charge in [0, 0.05) is 10.6 Å². The Balaban J connectivity index is 2.53. The molecule has 4 heteroatoms. The average Bonchev–Trinajstić information content (AvgIpc) is 2.16. The third-order valence-electron chi connectivity index (χ3n) is 1.72. The summed E-state index contributed by atoms with van der Waals surface area (Å²) in [6.07, 6.45) is 0. The van der Waals surface area contributed by atoms with E-state index in [2.05, 4.69) is 0 Å². The number of aliphatic hydroxyl groups is 1. The Morgan fingerprint density at radius 3 is 2.50 bits per heavy atom. The average molecular weight is 212 g/mol. The third kappa shape index (κ3) is 3.05. The summed E-state index contributed by atoms with van der Waals surface area (Å²) in [7, 11) is 0. The zero-order valence-electron chi connectivity index (χ0n) is 7.80. The van der Waals surface area contributed by atoms with Gasteiger partial charge in [-0.15, -0.1) is 11.8 Å². The summed E-state index contributed by atoms with van der Waals surface area (Å²) in [5, 5.41) is 18.1. The topological polar surface area (TPSA) is 57.5 Å². The Morgan fingerprint density at radius 2 is 2.00 bits per heavy atom. The maximum Gasteiger partial charge on any atom is 0.336 e. The maximum atomic E-state index is 10.6. The molecule has 1 unspecified atom stereocenters. The highest BCUT2D eigenvalue weighted by molar-refractivity contribution is 7.99. The maximum absolute atomic E-state index is 10.6. The Bertz CT molecular complexity index is 308. The molecule has 0 heterocycles. The zero-order valence-corrected chi connectivity index (χ0v) is 8.62. The summed E-state index contributed by atoms with van der Waals surface area (Å²) in [6, 6.07) is 9.39. The fraction of sp³-hybridized carbons (Fsp3) is 0.300. The number of hydrogen-bond donors (Lipinski definition) is 2. The lowest BCUT2D eigenvalue weighted by Crippen LogP contribution is -2.37. The molecular weight excluding hydrogens is 200 g/mol. The molecule has 0 fully saturated rings. The second-order valence-electron chi connectivity index (χ2n) is 3.18. The van der Waals surface area contributed by atoms with E-state index in [1.165, 1.54) is 18.7 Å². The molecule has 3 nitrogen and oxygen atoms in total. The number of aliphatic carboxylic acids is 1. The molecular formula is C10H12O3S. The molecule has 0 aliphatic heterocycles. The number of rotatable bonds is 4. The fourth-order valence-corrected chi connectivity index (χ4v) is 1.72. The van der Waals surface area contributed by atoms with Gasteiger partial charge in [0.05, 0.1) is 0 Å². The van der Waals surface area contributed by atoms with Crippen LogP contribution < -0.4 is 0 Å². The predicted molar refractivity (Wildman–Crippen MR) is 55.4 cm³/mol. The van der Waals surface area contributed by atoms with E-state index in [4.69, 9.17) is 5.11 Å². The monoisotopic (exact) mass is 212 g/mol. The van der Waals surface area contributed by atoms with Gasteiger partial charge in [-0.3, -0.25) is 0 Å². The van der Waals surface area contributed by atoms with Gasteiger partial charge in [-0.2, -0.15) is 0 Å². The van der Waals surface area contributed by atoms with Crippen molar-refractivity contribution in [1.82, 2.24) is 0 Å². The van der Waals surface area contributed by atoms with Crippen LogP contribution in [0.3, 0.4) is 0 Å². The van der Waals surface area contributed by atoms with E-state index >= 15 is 0 Å². The van der Waals surface area contributed by atoms with Crippen LogP contribution >= 0.6 is 11.8 Å². The van der Waals surface area contributed by atoms with E-state index in [0.29, 0.717) is 0 Å². The van der Waals surface area contributed by atoms with Crippen molar-refractivity contribution in [3.63, 3.8) is 0 Å². The van der Waals surface area contributed by atoms with Gasteiger partial charge in [-0.1, -0.05) is 18.2 Å². The second kappa shape index (κ2) is 4.48. The van der Waals surface area contributed by atoms with E-state index in [1.807, 2.05) is 30.3 Å². The first kappa shape index (κ1) is 11.1. The first-order valence-corrected chi connectivity index (χ1v) is 5.14. The van der Waals surface area contributed by atoms with Crippen LogP contribution in [0.2, 0.25) is 0 Å². The molecule has 0 aromatic heterocycles. The molecule has 0 saturated heterocycles. The summed E-state index contributed by atoms with van der Waals surface area (Å²) >= 11 is 1.32. The standard InChI is InChI=1S/C10H12O3S/c1-10(13,9(11)12)7-14-8-5-3-2-4-6-8/h2-6,13H,7H2,1H3,(H,11,12). The molecule has 0 amide bonds. The van der Waals surface area contributed by atoms with E-state index < -0.39 is 11.6 Å². The summed E-state index contributed by atoms with van der Waals surface area (Å²) in [5.41, 5.74) is -1.67. The Labute approximate surface area is 86.8 Å². The van der Waals surface area contributed by atoms with Crippen molar-refractivity contribution in [3.05, 3.63) is 30.3 Å². The number of thioether (sulfide) groups is 1. The lowest BCUT2D eigenvalue weighted by atomic mass is 10.1. The van der Waals surface area contributed by atoms with E-state index in [-0.39, 0.29) is 5.75 Å². The minimum Gasteiger partial charge on any atom is -0.479 e. The molecule has 0 spiro atoms. The van der Waals surface area contributed by atoms with Crippen LogP contribution in [0.4, 0.5) is 0 Å². The smallest absolute Gasteiger partial charge is 0.336 e. The highest BCUT2D eigenvalue weighted by Crippen LogP contribution is 2.22. The number of carbonyl (C=O) groups is 1. The van der Waals surface area contributed by atoms with E-state index in [1.54, 1.807) is 0 Å². The van der Waals surface area contributed by atoms with Crippen molar-refractivity contribution in [3.8, 4) is 0 Å². The van der Waals surface area contributed by atoms with Gasteiger partial charge >= 0.3 is 5.97 Å². The highest BCUT2D eigenvalue weighted by Gasteiger charge is 2.29. The molecule has 1 aromatic carbocycles. The Morgan fingerprint density at radius 1 is 1.43 bits per heavy atom. The predicted octanol–water partition coefficient (Wildman–Crippen LogP) is 1.61. The Hall–Kier alpha value is -1.00. The van der Waals surface area contributed by atoms with Crippen molar-refractivity contribution >= 4 is 17.7 Å². The van der Waals surface area contributed by atoms with Crippen molar-refractivity contribution in [2.24, 2.45) is 0 Å². The summed E-state index contributed by atoms with van der Waals surface area (Å²) < 4.78 is 0. The largest absolute Gasteiger partial charge is 0.479 e. The highest BCUT2D eigenvalue weighted by atomic mass is 32.2. The summed E-state index contributed by atoms with van der Waals surface area (Å²) in [5.74, 6) is -1.05. The van der Waals surface area contributed by atoms with Crippen molar-refractivity contribution in [1.29, 1.82) is 0 Å². The van der Waals surface area contributed by atoms with Gasteiger partial charge in [0.15, 0.2) is 5.60 Å². The number of hydrogen-bond acceptors (Lipinski definition) is 3. The van der Waals surface area contributed by atoms with Gasteiger partial charge in [-0.05, 0) is 19.1 Å². The zero-order chi connectivity index (χ0) is 10.6. The SMILES string of the molecule is CC(O)(CSc1ccccc1)C(=O)O. The normalized spacial score (nSPS) is 14.7. The molecule has 0 bridgehead atoms. The lowest BCUT2D eigenvalue weighted by Gasteiger charge is -2.16. The van der Waals surface area contributed by atoms with Gasteiger partial charge in [0.25, 0.3) is 0 Å². The number of benzene rings is 1. The van der Waals surface area contributed by atoms with Crippen LogP contribution in [0.15, 0.2) is 35.2 Å². The van der Waals surface area contributed by atoms with Crippen molar-refractivity contribution < 1.29 is 15.0 Å². The van der Waals surface area contributed by atoms with Gasteiger partial charge in [0.2, 0.25) is 0 Å².